The first kappa shape index (κ1) is 16.5. The molecule has 1 aromatic rings. The molecule has 0 bridgehead atoms. The molecule has 122 valence electrons. The summed E-state index contributed by atoms with van der Waals surface area (Å²) in [6, 6.07) is 1.87. The minimum absolute atomic E-state index is 0.00178. The lowest BCUT2D eigenvalue weighted by Crippen LogP contribution is -2.40. The highest BCUT2D eigenvalue weighted by atomic mass is 16.4. The van der Waals surface area contributed by atoms with Crippen LogP contribution < -0.4 is 0 Å². The Labute approximate surface area is 131 Å². The number of carbonyl (C=O) groups excluding carboxylic acids is 1. The van der Waals surface area contributed by atoms with Crippen LogP contribution in [0.15, 0.2) is 6.07 Å². The van der Waals surface area contributed by atoms with Crippen molar-refractivity contribution in [2.75, 3.05) is 13.1 Å². The van der Waals surface area contributed by atoms with Crippen molar-refractivity contribution >= 4 is 11.9 Å². The topological polar surface area (TPSA) is 75.4 Å². The van der Waals surface area contributed by atoms with Crippen molar-refractivity contribution in [3.05, 3.63) is 17.5 Å². The molecule has 0 aromatic carbocycles. The van der Waals surface area contributed by atoms with Crippen LogP contribution in [0.1, 0.15) is 61.6 Å². The Hall–Kier alpha value is -1.85. The van der Waals surface area contributed by atoms with Gasteiger partial charge < -0.3 is 10.0 Å². The predicted octanol–water partition coefficient (Wildman–Crippen LogP) is 2.26. The van der Waals surface area contributed by atoms with Crippen molar-refractivity contribution in [1.82, 2.24) is 14.7 Å². The molecule has 1 N–H and O–H groups in total. The maximum Gasteiger partial charge on any atom is 0.303 e. The van der Waals surface area contributed by atoms with Gasteiger partial charge >= 0.3 is 5.97 Å². The third kappa shape index (κ3) is 3.87. The van der Waals surface area contributed by atoms with Gasteiger partial charge in [-0.05, 0) is 37.2 Å². The maximum absolute atomic E-state index is 12.7. The second-order valence-corrected chi connectivity index (χ2v) is 6.42. The van der Waals surface area contributed by atoms with Gasteiger partial charge in [-0.2, -0.15) is 5.10 Å². The van der Waals surface area contributed by atoms with E-state index < -0.39 is 5.97 Å². The maximum atomic E-state index is 12.7. The van der Waals surface area contributed by atoms with Crippen LogP contribution >= 0.6 is 0 Å². The third-order valence-corrected chi connectivity index (χ3v) is 4.28. The van der Waals surface area contributed by atoms with Crippen molar-refractivity contribution < 1.29 is 14.7 Å². The zero-order valence-electron chi connectivity index (χ0n) is 13.6. The Kier molecular flexibility index (Phi) is 5.21. The van der Waals surface area contributed by atoms with Crippen LogP contribution in [0.25, 0.3) is 0 Å². The van der Waals surface area contributed by atoms with E-state index in [4.69, 9.17) is 5.11 Å². The molecule has 0 radical (unpaired) electrons. The third-order valence-electron chi connectivity index (χ3n) is 4.28. The average Bonchev–Trinajstić information content (AvgIpc) is 2.87. The number of likely N-dealkylation sites (tertiary alicyclic amines) is 1. The summed E-state index contributed by atoms with van der Waals surface area (Å²) in [7, 11) is 1.80. The van der Waals surface area contributed by atoms with E-state index >= 15 is 0 Å². The smallest absolute Gasteiger partial charge is 0.303 e. The summed E-state index contributed by atoms with van der Waals surface area (Å²) in [5.74, 6) is -0.192. The number of aromatic nitrogens is 2. The van der Waals surface area contributed by atoms with Crippen LogP contribution in [0.5, 0.6) is 0 Å². The summed E-state index contributed by atoms with van der Waals surface area (Å²) in [5.41, 5.74) is 1.54. The summed E-state index contributed by atoms with van der Waals surface area (Å²) in [4.78, 5) is 25.2. The molecule has 1 amide bonds. The van der Waals surface area contributed by atoms with E-state index in [1.807, 2.05) is 11.0 Å². The second-order valence-electron chi connectivity index (χ2n) is 6.42. The fourth-order valence-electron chi connectivity index (χ4n) is 2.95. The van der Waals surface area contributed by atoms with E-state index in [1.165, 1.54) is 0 Å². The van der Waals surface area contributed by atoms with Gasteiger partial charge in [0.2, 0.25) is 0 Å². The van der Waals surface area contributed by atoms with Crippen LogP contribution in [0.2, 0.25) is 0 Å². The van der Waals surface area contributed by atoms with E-state index in [9.17, 15) is 9.59 Å². The molecule has 1 atom stereocenters. The molecule has 1 saturated heterocycles. The normalized spacial score (nSPS) is 18.7. The number of amides is 1. The molecular formula is C16H25N3O3. The Morgan fingerprint density at radius 1 is 1.45 bits per heavy atom. The van der Waals surface area contributed by atoms with E-state index in [1.54, 1.807) is 11.7 Å². The fourth-order valence-corrected chi connectivity index (χ4v) is 2.95. The number of carbonyl (C=O) groups is 2. The molecule has 0 aliphatic carbocycles. The van der Waals surface area contributed by atoms with Gasteiger partial charge in [-0.25, -0.2) is 0 Å². The summed E-state index contributed by atoms with van der Waals surface area (Å²) in [5, 5.41) is 13.2. The number of nitrogens with zero attached hydrogens (tertiary/aromatic N) is 3. The van der Waals surface area contributed by atoms with Gasteiger partial charge in [-0.3, -0.25) is 14.3 Å². The molecule has 6 nitrogen and oxygen atoms in total. The lowest BCUT2D eigenvalue weighted by atomic mass is 9.93. The highest BCUT2D eigenvalue weighted by Crippen LogP contribution is 2.23. The summed E-state index contributed by atoms with van der Waals surface area (Å²) < 4.78 is 1.65. The molecule has 2 heterocycles. The van der Waals surface area contributed by atoms with E-state index in [-0.39, 0.29) is 24.2 Å². The number of aryl methyl sites for hydroxylation is 1. The first-order valence-corrected chi connectivity index (χ1v) is 7.93. The van der Waals surface area contributed by atoms with Gasteiger partial charge in [0.15, 0.2) is 0 Å². The minimum Gasteiger partial charge on any atom is -0.481 e. The van der Waals surface area contributed by atoms with Crippen LogP contribution in [0.4, 0.5) is 0 Å². The summed E-state index contributed by atoms with van der Waals surface area (Å²) >= 11 is 0. The van der Waals surface area contributed by atoms with Crippen molar-refractivity contribution in [3.8, 4) is 0 Å². The Bertz CT molecular complexity index is 551. The average molecular weight is 307 g/mol. The monoisotopic (exact) mass is 307 g/mol. The first-order chi connectivity index (χ1) is 10.4. The van der Waals surface area contributed by atoms with Gasteiger partial charge in [0.25, 0.3) is 5.91 Å². The molecule has 0 saturated carbocycles. The molecule has 22 heavy (non-hydrogen) atoms. The molecule has 0 spiro atoms. The van der Waals surface area contributed by atoms with Gasteiger partial charge in [-0.15, -0.1) is 0 Å². The highest BCUT2D eigenvalue weighted by Gasteiger charge is 2.27. The number of carboxylic acid groups (broad SMARTS) is 1. The number of aliphatic carboxylic acids is 1. The molecule has 1 fully saturated rings. The standard InChI is InChI=1S/C16H25N3O3/c1-11(2)13-9-14(18(3)17-13)16(22)19-8-4-5-12(10-19)6-7-15(20)21/h9,11-12H,4-8,10H2,1-3H3,(H,20,21). The van der Waals surface area contributed by atoms with Gasteiger partial charge in [0.05, 0.1) is 5.69 Å². The van der Waals surface area contributed by atoms with Crippen molar-refractivity contribution in [3.63, 3.8) is 0 Å². The molecule has 1 aromatic heterocycles. The van der Waals surface area contributed by atoms with E-state index in [0.29, 0.717) is 18.7 Å². The quantitative estimate of drug-likeness (QED) is 0.905. The number of piperidine rings is 1. The zero-order chi connectivity index (χ0) is 16.3. The van der Waals surface area contributed by atoms with Crippen molar-refractivity contribution in [1.29, 1.82) is 0 Å². The highest BCUT2D eigenvalue weighted by molar-refractivity contribution is 5.92. The summed E-state index contributed by atoms with van der Waals surface area (Å²) in [6.45, 7) is 5.50. The number of rotatable bonds is 5. The largest absolute Gasteiger partial charge is 0.481 e. The Morgan fingerprint density at radius 3 is 2.77 bits per heavy atom. The Balaban J connectivity index is 2.04. The lowest BCUT2D eigenvalue weighted by Gasteiger charge is -2.32. The molecule has 2 rings (SSSR count). The zero-order valence-corrected chi connectivity index (χ0v) is 13.6. The number of hydrogen-bond donors (Lipinski definition) is 1. The van der Waals surface area contributed by atoms with Gasteiger partial charge in [0.1, 0.15) is 5.69 Å². The molecule has 1 aliphatic rings. The molecular weight excluding hydrogens is 282 g/mol. The SMILES string of the molecule is CC(C)c1cc(C(=O)N2CCCC(CCC(=O)O)C2)n(C)n1. The van der Waals surface area contributed by atoms with Crippen LogP contribution in [0.3, 0.4) is 0 Å². The number of carboxylic acids is 1. The molecule has 1 unspecified atom stereocenters. The van der Waals surface area contributed by atoms with Crippen LogP contribution in [0, 0.1) is 5.92 Å². The summed E-state index contributed by atoms with van der Waals surface area (Å²) in [6.07, 6.45) is 2.75. The van der Waals surface area contributed by atoms with Crippen LogP contribution in [-0.4, -0.2) is 44.8 Å². The van der Waals surface area contributed by atoms with Crippen molar-refractivity contribution in [2.24, 2.45) is 13.0 Å². The minimum atomic E-state index is -0.767. The predicted molar refractivity (Wildman–Crippen MR) is 82.8 cm³/mol. The number of hydrogen-bond acceptors (Lipinski definition) is 3. The first-order valence-electron chi connectivity index (χ1n) is 7.93. The second kappa shape index (κ2) is 6.94. The molecule has 1 aliphatic heterocycles. The molecule has 6 heteroatoms. The van der Waals surface area contributed by atoms with Gasteiger partial charge in [0, 0.05) is 26.6 Å². The van der Waals surface area contributed by atoms with Crippen molar-refractivity contribution in [2.45, 2.75) is 45.4 Å². The Morgan fingerprint density at radius 2 is 2.18 bits per heavy atom. The van der Waals surface area contributed by atoms with E-state index in [0.717, 1.165) is 25.1 Å². The van der Waals surface area contributed by atoms with Crippen LogP contribution in [-0.2, 0) is 11.8 Å². The lowest BCUT2D eigenvalue weighted by molar-refractivity contribution is -0.137. The van der Waals surface area contributed by atoms with E-state index in [2.05, 4.69) is 18.9 Å². The van der Waals surface area contributed by atoms with Gasteiger partial charge in [-0.1, -0.05) is 13.8 Å². The fraction of sp³-hybridized carbons (Fsp3) is 0.688.